The largest absolute Gasteiger partial charge is 0.337 e. The highest BCUT2D eigenvalue weighted by molar-refractivity contribution is 5.89. The van der Waals surface area contributed by atoms with Gasteiger partial charge in [0.25, 0.3) is 0 Å². The highest BCUT2D eigenvalue weighted by Crippen LogP contribution is 2.43. The van der Waals surface area contributed by atoms with Gasteiger partial charge in [0.05, 0.1) is 0 Å². The maximum absolute atomic E-state index is 11.9. The first-order valence-corrected chi connectivity index (χ1v) is 7.91. The van der Waals surface area contributed by atoms with Crippen LogP contribution in [0.2, 0.25) is 0 Å². The summed E-state index contributed by atoms with van der Waals surface area (Å²) < 4.78 is 0. The van der Waals surface area contributed by atoms with Crippen LogP contribution in [0.5, 0.6) is 0 Å². The molecule has 1 aliphatic carbocycles. The molecule has 0 aliphatic heterocycles. The molecule has 0 bridgehead atoms. The highest BCUT2D eigenvalue weighted by atomic mass is 16.2. The Labute approximate surface area is 127 Å². The summed E-state index contributed by atoms with van der Waals surface area (Å²) >= 11 is 0. The first kappa shape index (κ1) is 15.8. The van der Waals surface area contributed by atoms with Crippen LogP contribution in [-0.2, 0) is 0 Å². The minimum Gasteiger partial charge on any atom is -0.337 e. The van der Waals surface area contributed by atoms with Gasteiger partial charge in [0, 0.05) is 18.3 Å². The molecule has 4 heteroatoms. The van der Waals surface area contributed by atoms with E-state index in [1.807, 2.05) is 18.2 Å². The summed E-state index contributed by atoms with van der Waals surface area (Å²) in [5.74, 6) is 0. The molecule has 21 heavy (non-hydrogen) atoms. The Morgan fingerprint density at radius 2 is 2.14 bits per heavy atom. The maximum atomic E-state index is 11.9. The maximum Gasteiger partial charge on any atom is 0.319 e. The zero-order valence-corrected chi connectivity index (χ0v) is 13.3. The summed E-state index contributed by atoms with van der Waals surface area (Å²) in [4.78, 5) is 11.9. The Bertz CT molecular complexity index is 483. The van der Waals surface area contributed by atoms with E-state index in [9.17, 15) is 4.79 Å². The van der Waals surface area contributed by atoms with E-state index < -0.39 is 0 Å². The third-order valence-corrected chi connectivity index (χ3v) is 4.12. The lowest BCUT2D eigenvalue weighted by Gasteiger charge is -2.15. The monoisotopic (exact) mass is 289 g/mol. The number of urea groups is 1. The SMILES string of the molecule is CCCNC(C)c1cccc(NC(=O)NCC2(C)CC2)c1. The molecule has 0 heterocycles. The second kappa shape index (κ2) is 6.94. The number of amides is 2. The molecule has 116 valence electrons. The van der Waals surface area contributed by atoms with E-state index in [2.05, 4.69) is 42.8 Å². The molecule has 4 nitrogen and oxygen atoms in total. The van der Waals surface area contributed by atoms with Crippen molar-refractivity contribution in [1.29, 1.82) is 0 Å². The summed E-state index contributed by atoms with van der Waals surface area (Å²) in [5, 5.41) is 9.32. The lowest BCUT2D eigenvalue weighted by molar-refractivity contribution is 0.250. The van der Waals surface area contributed by atoms with Crippen LogP contribution in [0, 0.1) is 5.41 Å². The van der Waals surface area contributed by atoms with Crippen LogP contribution in [0.3, 0.4) is 0 Å². The molecule has 1 atom stereocenters. The number of carbonyl (C=O) groups excluding carboxylic acids is 1. The number of rotatable bonds is 7. The number of hydrogen-bond acceptors (Lipinski definition) is 2. The van der Waals surface area contributed by atoms with Crippen LogP contribution < -0.4 is 16.0 Å². The number of benzene rings is 1. The van der Waals surface area contributed by atoms with Crippen LogP contribution in [-0.4, -0.2) is 19.1 Å². The Kier molecular flexibility index (Phi) is 5.23. The molecule has 2 amide bonds. The molecule has 0 aromatic heterocycles. The van der Waals surface area contributed by atoms with Crippen molar-refractivity contribution < 1.29 is 4.79 Å². The van der Waals surface area contributed by atoms with Gasteiger partial charge in [-0.15, -0.1) is 0 Å². The molecule has 0 saturated heterocycles. The first-order chi connectivity index (χ1) is 10.0. The van der Waals surface area contributed by atoms with Gasteiger partial charge < -0.3 is 16.0 Å². The summed E-state index contributed by atoms with van der Waals surface area (Å²) in [5.41, 5.74) is 2.36. The molecule has 3 N–H and O–H groups in total. The molecule has 0 radical (unpaired) electrons. The molecule has 1 aliphatic rings. The molecule has 2 rings (SSSR count). The molecule has 1 aromatic rings. The van der Waals surface area contributed by atoms with Gasteiger partial charge in [-0.25, -0.2) is 4.79 Å². The van der Waals surface area contributed by atoms with Gasteiger partial charge in [0.2, 0.25) is 0 Å². The second-order valence-corrected chi connectivity index (χ2v) is 6.42. The third kappa shape index (κ3) is 5.05. The minimum atomic E-state index is -0.116. The van der Waals surface area contributed by atoms with E-state index in [-0.39, 0.29) is 6.03 Å². The van der Waals surface area contributed by atoms with E-state index in [0.717, 1.165) is 25.2 Å². The van der Waals surface area contributed by atoms with E-state index in [4.69, 9.17) is 0 Å². The smallest absolute Gasteiger partial charge is 0.319 e. The second-order valence-electron chi connectivity index (χ2n) is 6.42. The van der Waals surface area contributed by atoms with Gasteiger partial charge >= 0.3 is 6.03 Å². The van der Waals surface area contributed by atoms with Crippen LogP contribution in [0.1, 0.15) is 51.6 Å². The highest BCUT2D eigenvalue weighted by Gasteiger charge is 2.37. The number of hydrogen-bond donors (Lipinski definition) is 3. The Morgan fingerprint density at radius 3 is 2.81 bits per heavy atom. The number of nitrogens with one attached hydrogen (secondary N) is 3. The average molecular weight is 289 g/mol. The van der Waals surface area contributed by atoms with E-state index >= 15 is 0 Å². The van der Waals surface area contributed by atoms with Crippen molar-refractivity contribution >= 4 is 11.7 Å². The Morgan fingerprint density at radius 1 is 1.38 bits per heavy atom. The number of carbonyl (C=O) groups is 1. The fraction of sp³-hybridized carbons (Fsp3) is 0.588. The van der Waals surface area contributed by atoms with Crippen molar-refractivity contribution in [2.75, 3.05) is 18.4 Å². The summed E-state index contributed by atoms with van der Waals surface area (Å²) in [7, 11) is 0. The summed E-state index contributed by atoms with van der Waals surface area (Å²) in [6.07, 6.45) is 3.54. The molecular formula is C17H27N3O. The van der Waals surface area contributed by atoms with Gasteiger partial charge in [0.15, 0.2) is 0 Å². The molecule has 1 unspecified atom stereocenters. The molecule has 1 fully saturated rings. The predicted octanol–water partition coefficient (Wildman–Crippen LogP) is 3.67. The van der Waals surface area contributed by atoms with Crippen LogP contribution in [0.4, 0.5) is 10.5 Å². The van der Waals surface area contributed by atoms with Crippen molar-refractivity contribution in [3.05, 3.63) is 29.8 Å². The van der Waals surface area contributed by atoms with Crippen molar-refractivity contribution in [2.24, 2.45) is 5.41 Å². The van der Waals surface area contributed by atoms with Crippen LogP contribution >= 0.6 is 0 Å². The third-order valence-electron chi connectivity index (χ3n) is 4.12. The minimum absolute atomic E-state index is 0.116. The van der Waals surface area contributed by atoms with Crippen molar-refractivity contribution in [1.82, 2.24) is 10.6 Å². The zero-order chi connectivity index (χ0) is 15.3. The zero-order valence-electron chi connectivity index (χ0n) is 13.3. The topological polar surface area (TPSA) is 53.2 Å². The van der Waals surface area contributed by atoms with Gasteiger partial charge in [-0.2, -0.15) is 0 Å². The van der Waals surface area contributed by atoms with Crippen molar-refractivity contribution in [2.45, 2.75) is 46.1 Å². The molecule has 0 spiro atoms. The van der Waals surface area contributed by atoms with Crippen molar-refractivity contribution in [3.8, 4) is 0 Å². The summed E-state index contributed by atoms with van der Waals surface area (Å²) in [6, 6.07) is 8.20. The first-order valence-electron chi connectivity index (χ1n) is 7.91. The molecule has 1 saturated carbocycles. The van der Waals surface area contributed by atoms with E-state index in [1.165, 1.54) is 18.4 Å². The van der Waals surface area contributed by atoms with Crippen LogP contribution in [0.25, 0.3) is 0 Å². The summed E-state index contributed by atoms with van der Waals surface area (Å²) in [6.45, 7) is 8.25. The standard InChI is InChI=1S/C17H27N3O/c1-4-10-18-13(2)14-6-5-7-15(11-14)20-16(21)19-12-17(3)8-9-17/h5-7,11,13,18H,4,8-10,12H2,1-3H3,(H2,19,20,21). The van der Waals surface area contributed by atoms with Gasteiger partial charge in [-0.1, -0.05) is 26.0 Å². The van der Waals surface area contributed by atoms with E-state index in [0.29, 0.717) is 11.5 Å². The molecular weight excluding hydrogens is 262 g/mol. The Balaban J connectivity index is 1.86. The van der Waals surface area contributed by atoms with Gasteiger partial charge in [-0.3, -0.25) is 0 Å². The van der Waals surface area contributed by atoms with Gasteiger partial charge in [0.1, 0.15) is 0 Å². The quantitative estimate of drug-likeness (QED) is 0.717. The van der Waals surface area contributed by atoms with Gasteiger partial charge in [-0.05, 0) is 55.8 Å². The Hall–Kier alpha value is -1.55. The fourth-order valence-corrected chi connectivity index (χ4v) is 2.22. The molecule has 1 aromatic carbocycles. The van der Waals surface area contributed by atoms with Crippen LogP contribution in [0.15, 0.2) is 24.3 Å². The predicted molar refractivity (Wildman–Crippen MR) is 87.5 cm³/mol. The van der Waals surface area contributed by atoms with Crippen molar-refractivity contribution in [3.63, 3.8) is 0 Å². The normalized spacial score (nSPS) is 17.1. The fourth-order valence-electron chi connectivity index (χ4n) is 2.22. The van der Waals surface area contributed by atoms with E-state index in [1.54, 1.807) is 0 Å². The number of anilines is 1. The average Bonchev–Trinajstić information content (AvgIpc) is 3.21. The lowest BCUT2D eigenvalue weighted by atomic mass is 10.1. The lowest BCUT2D eigenvalue weighted by Crippen LogP contribution is -2.33.